The van der Waals surface area contributed by atoms with Gasteiger partial charge in [-0.3, -0.25) is 0 Å². The topological polar surface area (TPSA) is 3.24 Å². The van der Waals surface area contributed by atoms with Gasteiger partial charge in [0.15, 0.2) is 0 Å². The van der Waals surface area contributed by atoms with Gasteiger partial charge in [-0.05, 0) is 37.8 Å². The maximum absolute atomic E-state index is 3.93. The molecule has 104 valence electrons. The van der Waals surface area contributed by atoms with Crippen molar-refractivity contribution in [3.63, 3.8) is 0 Å². The summed E-state index contributed by atoms with van der Waals surface area (Å²) in [5, 5.41) is 0. The van der Waals surface area contributed by atoms with Crippen LogP contribution in [0.2, 0.25) is 0 Å². The average Bonchev–Trinajstić information content (AvgIpc) is 2.73. The smallest absolute Gasteiger partial charge is 0.0241 e. The van der Waals surface area contributed by atoms with E-state index in [1.165, 1.54) is 38.8 Å². The van der Waals surface area contributed by atoms with Gasteiger partial charge in [-0.15, -0.1) is 0 Å². The highest BCUT2D eigenvalue weighted by Gasteiger charge is 2.31. The third kappa shape index (κ3) is 4.19. The van der Waals surface area contributed by atoms with Gasteiger partial charge in [-0.1, -0.05) is 51.8 Å². The molecule has 0 radical (unpaired) electrons. The monoisotopic (exact) mass is 249 g/mol. The predicted octanol–water partition coefficient (Wildman–Crippen LogP) is 4.86. The van der Waals surface area contributed by atoms with Crippen LogP contribution < -0.4 is 0 Å². The first-order chi connectivity index (χ1) is 8.62. The second-order valence-electron chi connectivity index (χ2n) is 5.97. The van der Waals surface area contributed by atoms with E-state index in [1.54, 1.807) is 5.57 Å². The van der Waals surface area contributed by atoms with Gasteiger partial charge in [0.2, 0.25) is 0 Å². The van der Waals surface area contributed by atoms with Crippen molar-refractivity contribution < 1.29 is 0 Å². The van der Waals surface area contributed by atoms with E-state index < -0.39 is 0 Å². The number of rotatable bonds is 7. The highest BCUT2D eigenvalue weighted by molar-refractivity contribution is 5.11. The van der Waals surface area contributed by atoms with Crippen LogP contribution in [0, 0.1) is 17.8 Å². The molecule has 1 aliphatic rings. The Labute approximate surface area is 114 Å². The Kier molecular flexibility index (Phi) is 6.52. The van der Waals surface area contributed by atoms with Crippen LogP contribution in [0.3, 0.4) is 0 Å². The summed E-state index contributed by atoms with van der Waals surface area (Å²) in [4.78, 5) is 2.40. The number of hydrogen-bond donors (Lipinski definition) is 0. The maximum Gasteiger partial charge on any atom is 0.0241 e. The van der Waals surface area contributed by atoms with Gasteiger partial charge >= 0.3 is 0 Å². The van der Waals surface area contributed by atoms with Crippen molar-refractivity contribution in [2.24, 2.45) is 17.8 Å². The Morgan fingerprint density at radius 2 is 2.06 bits per heavy atom. The number of nitrogens with zero attached hydrogens (tertiary/aromatic N) is 1. The van der Waals surface area contributed by atoms with Gasteiger partial charge in [0.05, 0.1) is 0 Å². The van der Waals surface area contributed by atoms with E-state index in [2.05, 4.69) is 45.2 Å². The highest BCUT2D eigenvalue weighted by Crippen LogP contribution is 2.33. The molecule has 1 unspecified atom stereocenters. The minimum atomic E-state index is 0.732. The first-order valence-electron chi connectivity index (χ1n) is 7.67. The minimum absolute atomic E-state index is 0.732. The number of hydrogen-bond acceptors (Lipinski definition) is 1. The molecule has 1 nitrogen and oxygen atoms in total. The molecule has 1 fully saturated rings. The molecule has 1 saturated heterocycles. The molecule has 1 aliphatic heterocycles. The quantitative estimate of drug-likeness (QED) is 0.582. The average molecular weight is 249 g/mol. The molecule has 0 saturated carbocycles. The Bertz CT molecular complexity index is 279. The zero-order valence-electron chi connectivity index (χ0n) is 12.8. The SMILES string of the molecule is C=CN1C[C@H](CCC)[C@H](/C(C)=C\C(C)CCC)C1. The molecule has 0 aliphatic carbocycles. The Hall–Kier alpha value is -0.720. The molecule has 0 N–H and O–H groups in total. The zero-order chi connectivity index (χ0) is 13.5. The van der Waals surface area contributed by atoms with E-state index in [4.69, 9.17) is 0 Å². The first-order valence-corrected chi connectivity index (χ1v) is 7.67. The van der Waals surface area contributed by atoms with E-state index in [0.717, 1.165) is 17.8 Å². The molecule has 0 aromatic rings. The van der Waals surface area contributed by atoms with Crippen LogP contribution in [-0.2, 0) is 0 Å². The molecule has 0 aromatic heterocycles. The third-order valence-corrected chi connectivity index (χ3v) is 4.26. The fourth-order valence-electron chi connectivity index (χ4n) is 3.34. The maximum atomic E-state index is 3.93. The second-order valence-corrected chi connectivity index (χ2v) is 5.97. The predicted molar refractivity (Wildman–Crippen MR) is 81.5 cm³/mol. The van der Waals surface area contributed by atoms with E-state index in [0.29, 0.717) is 0 Å². The van der Waals surface area contributed by atoms with Crippen LogP contribution in [0.25, 0.3) is 0 Å². The van der Waals surface area contributed by atoms with Crippen molar-refractivity contribution in [2.75, 3.05) is 13.1 Å². The Morgan fingerprint density at radius 3 is 2.61 bits per heavy atom. The van der Waals surface area contributed by atoms with Crippen LogP contribution in [0.4, 0.5) is 0 Å². The van der Waals surface area contributed by atoms with Crippen molar-refractivity contribution >= 4 is 0 Å². The van der Waals surface area contributed by atoms with Crippen molar-refractivity contribution in [1.29, 1.82) is 0 Å². The lowest BCUT2D eigenvalue weighted by Crippen LogP contribution is -2.14. The van der Waals surface area contributed by atoms with Gasteiger partial charge in [-0.25, -0.2) is 0 Å². The third-order valence-electron chi connectivity index (χ3n) is 4.26. The zero-order valence-corrected chi connectivity index (χ0v) is 12.8. The second kappa shape index (κ2) is 7.66. The molecule has 18 heavy (non-hydrogen) atoms. The fraction of sp³-hybridized carbons (Fsp3) is 0.765. The molecule has 0 aromatic carbocycles. The summed E-state index contributed by atoms with van der Waals surface area (Å²) in [5.74, 6) is 2.32. The fourth-order valence-corrected chi connectivity index (χ4v) is 3.34. The van der Waals surface area contributed by atoms with E-state index >= 15 is 0 Å². The standard InChI is InChI=1S/C17H31N/c1-6-9-14(4)11-15(5)17-13-18(8-3)12-16(17)10-7-2/h8,11,14,16-17H,3,6-7,9-10,12-13H2,1-2,4-5H3/b15-11-/t14?,16-,17-/m0/s1. The lowest BCUT2D eigenvalue weighted by molar-refractivity contribution is 0.416. The molecule has 1 heteroatoms. The summed E-state index contributed by atoms with van der Waals surface area (Å²) in [7, 11) is 0. The molecule has 3 atom stereocenters. The van der Waals surface area contributed by atoms with Crippen molar-refractivity contribution in [1.82, 2.24) is 4.90 Å². The van der Waals surface area contributed by atoms with Gasteiger partial charge in [0.1, 0.15) is 0 Å². The molecule has 1 rings (SSSR count). The summed E-state index contributed by atoms with van der Waals surface area (Å²) in [6.07, 6.45) is 9.78. The molecule has 0 spiro atoms. The molecule has 0 amide bonds. The molecule has 0 bridgehead atoms. The van der Waals surface area contributed by atoms with Crippen LogP contribution in [-0.4, -0.2) is 18.0 Å². The normalized spacial score (nSPS) is 26.4. The van der Waals surface area contributed by atoms with E-state index in [-0.39, 0.29) is 0 Å². The van der Waals surface area contributed by atoms with Crippen molar-refractivity contribution in [3.8, 4) is 0 Å². The van der Waals surface area contributed by atoms with Crippen molar-refractivity contribution in [2.45, 2.75) is 53.4 Å². The van der Waals surface area contributed by atoms with Crippen LogP contribution in [0.5, 0.6) is 0 Å². The summed E-state index contributed by atoms with van der Waals surface area (Å²) < 4.78 is 0. The first kappa shape index (κ1) is 15.3. The van der Waals surface area contributed by atoms with Crippen LogP contribution in [0.15, 0.2) is 24.4 Å². The van der Waals surface area contributed by atoms with E-state index in [9.17, 15) is 0 Å². The summed E-state index contributed by atoms with van der Waals surface area (Å²) in [5.41, 5.74) is 1.61. The summed E-state index contributed by atoms with van der Waals surface area (Å²) >= 11 is 0. The molecular weight excluding hydrogens is 218 g/mol. The van der Waals surface area contributed by atoms with Gasteiger partial charge in [-0.2, -0.15) is 0 Å². The Balaban J connectivity index is 2.68. The van der Waals surface area contributed by atoms with Gasteiger partial charge in [0.25, 0.3) is 0 Å². The highest BCUT2D eigenvalue weighted by atomic mass is 15.1. The number of allylic oxidation sites excluding steroid dienone is 1. The summed E-state index contributed by atoms with van der Waals surface area (Å²) in [6, 6.07) is 0. The van der Waals surface area contributed by atoms with Gasteiger partial charge < -0.3 is 4.90 Å². The number of likely N-dealkylation sites (tertiary alicyclic amines) is 1. The Morgan fingerprint density at radius 1 is 1.33 bits per heavy atom. The molecule has 1 heterocycles. The van der Waals surface area contributed by atoms with Crippen LogP contribution >= 0.6 is 0 Å². The van der Waals surface area contributed by atoms with Gasteiger partial charge in [0, 0.05) is 19.0 Å². The molecular formula is C17H31N. The lowest BCUT2D eigenvalue weighted by atomic mass is 9.85. The van der Waals surface area contributed by atoms with Crippen LogP contribution in [0.1, 0.15) is 53.4 Å². The van der Waals surface area contributed by atoms with E-state index in [1.807, 2.05) is 6.20 Å². The van der Waals surface area contributed by atoms with Crippen molar-refractivity contribution in [3.05, 3.63) is 24.4 Å². The summed E-state index contributed by atoms with van der Waals surface area (Å²) in [6.45, 7) is 15.6. The lowest BCUT2D eigenvalue weighted by Gasteiger charge is -2.19. The minimum Gasteiger partial charge on any atom is -0.377 e. The largest absolute Gasteiger partial charge is 0.377 e.